The molecule has 2 nitrogen and oxygen atoms in total. The van der Waals surface area contributed by atoms with E-state index in [0.29, 0.717) is 6.10 Å². The Balaban J connectivity index is 1.80. The predicted octanol–water partition coefficient (Wildman–Crippen LogP) is 4.67. The summed E-state index contributed by atoms with van der Waals surface area (Å²) in [5.74, 6) is 0.886. The van der Waals surface area contributed by atoms with Crippen molar-refractivity contribution in [3.8, 4) is 0 Å². The van der Waals surface area contributed by atoms with E-state index in [-0.39, 0.29) is 5.54 Å². The number of ether oxygens (including phenoxy) is 1. The molecule has 2 heteroatoms. The molecule has 1 N–H and O–H groups in total. The topological polar surface area (TPSA) is 21.3 Å². The largest absolute Gasteiger partial charge is 0.374 e. The van der Waals surface area contributed by atoms with Gasteiger partial charge in [0.15, 0.2) is 0 Å². The molecule has 0 saturated heterocycles. The van der Waals surface area contributed by atoms with Crippen LogP contribution in [0.4, 0.5) is 0 Å². The highest BCUT2D eigenvalue weighted by atomic mass is 16.5. The fourth-order valence-corrected chi connectivity index (χ4v) is 2.81. The molecule has 0 bridgehead atoms. The van der Waals surface area contributed by atoms with E-state index in [4.69, 9.17) is 4.74 Å². The van der Waals surface area contributed by atoms with E-state index in [2.05, 4.69) is 57.3 Å². The summed E-state index contributed by atoms with van der Waals surface area (Å²) in [6, 6.07) is 8.77. The van der Waals surface area contributed by atoms with Crippen LogP contribution < -0.4 is 5.32 Å². The van der Waals surface area contributed by atoms with E-state index in [9.17, 15) is 0 Å². The summed E-state index contributed by atoms with van der Waals surface area (Å²) in [5.41, 5.74) is 2.79. The van der Waals surface area contributed by atoms with Crippen LogP contribution in [0.25, 0.3) is 0 Å². The molecule has 1 saturated carbocycles. The van der Waals surface area contributed by atoms with E-state index in [1.54, 1.807) is 0 Å². The lowest BCUT2D eigenvalue weighted by atomic mass is 9.89. The minimum atomic E-state index is 0.158. The fraction of sp³-hybridized carbons (Fsp3) is 0.684. The molecule has 118 valence electrons. The molecule has 1 aliphatic rings. The summed E-state index contributed by atoms with van der Waals surface area (Å²) in [6.07, 6.45) is 5.57. The molecule has 2 rings (SSSR count). The molecule has 1 fully saturated rings. The van der Waals surface area contributed by atoms with Gasteiger partial charge in [-0.1, -0.05) is 31.2 Å². The molecule has 0 amide bonds. The zero-order valence-corrected chi connectivity index (χ0v) is 14.1. The van der Waals surface area contributed by atoms with Gasteiger partial charge in [0, 0.05) is 12.1 Å². The van der Waals surface area contributed by atoms with Crippen LogP contribution in [0.15, 0.2) is 24.3 Å². The highest BCUT2D eigenvalue weighted by Gasteiger charge is 2.18. The lowest BCUT2D eigenvalue weighted by Crippen LogP contribution is -2.35. The maximum Gasteiger partial charge on any atom is 0.0720 e. The summed E-state index contributed by atoms with van der Waals surface area (Å²) in [5, 5.41) is 3.53. The van der Waals surface area contributed by atoms with Crippen LogP contribution in [-0.4, -0.2) is 11.6 Å². The Morgan fingerprint density at radius 3 is 2.43 bits per heavy atom. The number of benzene rings is 1. The second-order valence-electron chi connectivity index (χ2n) is 7.62. The molecular formula is C19H31NO. The number of nitrogens with one attached hydrogen (secondary N) is 1. The van der Waals surface area contributed by atoms with Crippen LogP contribution in [0, 0.1) is 5.92 Å². The first-order valence-electron chi connectivity index (χ1n) is 8.37. The van der Waals surface area contributed by atoms with E-state index >= 15 is 0 Å². The third-order valence-electron chi connectivity index (χ3n) is 4.26. The minimum Gasteiger partial charge on any atom is -0.374 e. The van der Waals surface area contributed by atoms with Crippen molar-refractivity contribution in [1.29, 1.82) is 0 Å². The van der Waals surface area contributed by atoms with Crippen molar-refractivity contribution in [2.24, 2.45) is 5.92 Å². The number of hydrogen-bond acceptors (Lipinski definition) is 2. The summed E-state index contributed by atoms with van der Waals surface area (Å²) in [7, 11) is 0. The summed E-state index contributed by atoms with van der Waals surface area (Å²) < 4.78 is 6.10. The molecule has 0 unspecified atom stereocenters. The molecule has 0 radical (unpaired) electrons. The first-order chi connectivity index (χ1) is 9.92. The van der Waals surface area contributed by atoms with Gasteiger partial charge >= 0.3 is 0 Å². The Bertz CT molecular complexity index is 427. The normalized spacial score (nSPS) is 23.2. The zero-order chi connectivity index (χ0) is 15.3. The van der Waals surface area contributed by atoms with Crippen LogP contribution in [0.3, 0.4) is 0 Å². The molecule has 1 aliphatic carbocycles. The van der Waals surface area contributed by atoms with Gasteiger partial charge in [0.2, 0.25) is 0 Å². The predicted molar refractivity (Wildman–Crippen MR) is 89.2 cm³/mol. The molecule has 21 heavy (non-hydrogen) atoms. The molecule has 0 heterocycles. The van der Waals surface area contributed by atoms with Gasteiger partial charge in [-0.05, 0) is 63.5 Å². The first-order valence-corrected chi connectivity index (χ1v) is 8.37. The lowest BCUT2D eigenvalue weighted by Gasteiger charge is -2.26. The second kappa shape index (κ2) is 7.42. The monoisotopic (exact) mass is 289 g/mol. The highest BCUT2D eigenvalue weighted by Crippen LogP contribution is 2.26. The SMILES string of the molecule is CC1CCC(OCc2cccc(CNC(C)(C)C)c2)CC1. The molecule has 1 aromatic rings. The van der Waals surface area contributed by atoms with E-state index in [1.807, 2.05) is 0 Å². The average molecular weight is 289 g/mol. The highest BCUT2D eigenvalue weighted by molar-refractivity contribution is 5.23. The summed E-state index contributed by atoms with van der Waals surface area (Å²) in [4.78, 5) is 0. The van der Waals surface area contributed by atoms with Gasteiger partial charge in [-0.25, -0.2) is 0 Å². The molecule has 0 atom stereocenters. The molecule has 0 aromatic heterocycles. The zero-order valence-electron chi connectivity index (χ0n) is 14.1. The van der Waals surface area contributed by atoms with Gasteiger partial charge < -0.3 is 10.1 Å². The Morgan fingerprint density at radius 2 is 1.76 bits per heavy atom. The Labute approximate surface area is 130 Å². The number of rotatable bonds is 5. The van der Waals surface area contributed by atoms with Crippen LogP contribution in [0.2, 0.25) is 0 Å². The van der Waals surface area contributed by atoms with E-state index in [1.165, 1.54) is 36.8 Å². The van der Waals surface area contributed by atoms with Crippen molar-refractivity contribution < 1.29 is 4.74 Å². The van der Waals surface area contributed by atoms with E-state index in [0.717, 1.165) is 19.1 Å². The van der Waals surface area contributed by atoms with Gasteiger partial charge in [0.25, 0.3) is 0 Å². The summed E-state index contributed by atoms with van der Waals surface area (Å²) in [6.45, 7) is 10.6. The van der Waals surface area contributed by atoms with Crippen molar-refractivity contribution >= 4 is 0 Å². The third kappa shape index (κ3) is 6.19. The van der Waals surface area contributed by atoms with Crippen molar-refractivity contribution in [2.45, 2.75) is 78.2 Å². The minimum absolute atomic E-state index is 0.158. The maximum absolute atomic E-state index is 6.10. The average Bonchev–Trinajstić information content (AvgIpc) is 2.44. The molecule has 1 aromatic carbocycles. The maximum atomic E-state index is 6.10. The van der Waals surface area contributed by atoms with E-state index < -0.39 is 0 Å². The Hall–Kier alpha value is -0.860. The molecule has 0 spiro atoms. The van der Waals surface area contributed by atoms with Gasteiger partial charge in [0.1, 0.15) is 0 Å². The summed E-state index contributed by atoms with van der Waals surface area (Å²) >= 11 is 0. The van der Waals surface area contributed by atoms with Crippen LogP contribution in [0.5, 0.6) is 0 Å². The van der Waals surface area contributed by atoms with Gasteiger partial charge in [-0.15, -0.1) is 0 Å². The third-order valence-corrected chi connectivity index (χ3v) is 4.26. The van der Waals surface area contributed by atoms with Gasteiger partial charge in [0.05, 0.1) is 12.7 Å². The quantitative estimate of drug-likeness (QED) is 0.850. The van der Waals surface area contributed by atoms with Crippen LogP contribution in [-0.2, 0) is 17.9 Å². The smallest absolute Gasteiger partial charge is 0.0720 e. The van der Waals surface area contributed by atoms with Crippen LogP contribution in [0.1, 0.15) is 64.5 Å². The van der Waals surface area contributed by atoms with Crippen molar-refractivity contribution in [3.63, 3.8) is 0 Å². The van der Waals surface area contributed by atoms with Crippen molar-refractivity contribution in [1.82, 2.24) is 5.32 Å². The Kier molecular flexibility index (Phi) is 5.83. The molecular weight excluding hydrogens is 258 g/mol. The molecule has 0 aliphatic heterocycles. The number of hydrogen-bond donors (Lipinski definition) is 1. The second-order valence-corrected chi connectivity index (χ2v) is 7.62. The van der Waals surface area contributed by atoms with Crippen LogP contribution >= 0.6 is 0 Å². The van der Waals surface area contributed by atoms with Crippen molar-refractivity contribution in [2.75, 3.05) is 0 Å². The van der Waals surface area contributed by atoms with Gasteiger partial charge in [-0.3, -0.25) is 0 Å². The van der Waals surface area contributed by atoms with Gasteiger partial charge in [-0.2, -0.15) is 0 Å². The lowest BCUT2D eigenvalue weighted by molar-refractivity contribution is 0.00875. The standard InChI is InChI=1S/C19H31NO/c1-15-8-10-18(11-9-15)21-14-17-7-5-6-16(12-17)13-20-19(2,3)4/h5-7,12,15,18,20H,8-11,13-14H2,1-4H3. The first kappa shape index (κ1) is 16.5. The van der Waals surface area contributed by atoms with Crippen molar-refractivity contribution in [3.05, 3.63) is 35.4 Å². The fourth-order valence-electron chi connectivity index (χ4n) is 2.81. The Morgan fingerprint density at radius 1 is 1.10 bits per heavy atom.